The molecular weight excluding hydrogens is 250 g/mol. The van der Waals surface area contributed by atoms with Gasteiger partial charge in [0.05, 0.1) is 7.11 Å². The fraction of sp³-hybridized carbons (Fsp3) is 0.471. The van der Waals surface area contributed by atoms with Crippen molar-refractivity contribution < 1.29 is 9.53 Å². The molecule has 0 saturated heterocycles. The normalized spacial score (nSPS) is 16.9. The van der Waals surface area contributed by atoms with Gasteiger partial charge in [-0.2, -0.15) is 0 Å². The van der Waals surface area contributed by atoms with E-state index in [4.69, 9.17) is 4.74 Å². The summed E-state index contributed by atoms with van der Waals surface area (Å²) in [7, 11) is 1.64. The van der Waals surface area contributed by atoms with Gasteiger partial charge in [0.15, 0.2) is 0 Å². The Bertz CT molecular complexity index is 460. The topological polar surface area (TPSA) is 38.3 Å². The average Bonchev–Trinajstić information content (AvgIpc) is 2.74. The van der Waals surface area contributed by atoms with Crippen LogP contribution in [0.4, 0.5) is 0 Å². The van der Waals surface area contributed by atoms with Gasteiger partial charge >= 0.3 is 0 Å². The highest BCUT2D eigenvalue weighted by molar-refractivity contribution is 5.91. The smallest absolute Gasteiger partial charge is 0.244 e. The lowest BCUT2D eigenvalue weighted by Gasteiger charge is -2.14. The van der Waals surface area contributed by atoms with E-state index in [2.05, 4.69) is 5.32 Å². The minimum absolute atomic E-state index is 0.000259. The molecule has 1 aliphatic rings. The zero-order valence-corrected chi connectivity index (χ0v) is 12.1. The SMILES string of the molecule is COc1cccc(/C=C/C(=O)NC2CCCCCC2)c1. The van der Waals surface area contributed by atoms with Gasteiger partial charge in [-0.05, 0) is 36.6 Å². The van der Waals surface area contributed by atoms with Crippen LogP contribution in [0.5, 0.6) is 5.75 Å². The van der Waals surface area contributed by atoms with Gasteiger partial charge in [-0.25, -0.2) is 0 Å². The first-order chi connectivity index (χ1) is 9.78. The minimum atomic E-state index is -0.000259. The summed E-state index contributed by atoms with van der Waals surface area (Å²) in [5, 5.41) is 3.10. The molecule has 108 valence electrons. The molecule has 1 aromatic rings. The van der Waals surface area contributed by atoms with Crippen LogP contribution in [0.1, 0.15) is 44.1 Å². The molecule has 2 rings (SSSR count). The largest absolute Gasteiger partial charge is 0.497 e. The molecule has 1 aromatic carbocycles. The van der Waals surface area contributed by atoms with Gasteiger partial charge in [0.25, 0.3) is 0 Å². The Kier molecular flexibility index (Phi) is 5.66. The zero-order valence-electron chi connectivity index (χ0n) is 12.1. The fourth-order valence-electron chi connectivity index (χ4n) is 2.59. The summed E-state index contributed by atoms with van der Waals surface area (Å²) < 4.78 is 5.16. The number of methoxy groups -OCH3 is 1. The van der Waals surface area contributed by atoms with Crippen molar-refractivity contribution in [3.05, 3.63) is 35.9 Å². The Morgan fingerprint density at radius 2 is 2.00 bits per heavy atom. The summed E-state index contributed by atoms with van der Waals surface area (Å²) in [5.74, 6) is 0.802. The third-order valence-corrected chi connectivity index (χ3v) is 3.72. The van der Waals surface area contributed by atoms with E-state index < -0.39 is 0 Å². The van der Waals surface area contributed by atoms with Gasteiger partial charge in [-0.15, -0.1) is 0 Å². The van der Waals surface area contributed by atoms with E-state index in [0.29, 0.717) is 6.04 Å². The lowest BCUT2D eigenvalue weighted by atomic mass is 10.1. The van der Waals surface area contributed by atoms with Crippen molar-refractivity contribution in [3.63, 3.8) is 0 Å². The van der Waals surface area contributed by atoms with E-state index >= 15 is 0 Å². The summed E-state index contributed by atoms with van der Waals surface area (Å²) in [5.41, 5.74) is 0.973. The molecule has 1 aliphatic carbocycles. The van der Waals surface area contributed by atoms with E-state index in [0.717, 1.165) is 24.2 Å². The first kappa shape index (κ1) is 14.6. The van der Waals surface area contributed by atoms with Crippen LogP contribution in [0.3, 0.4) is 0 Å². The van der Waals surface area contributed by atoms with E-state index in [9.17, 15) is 4.79 Å². The lowest BCUT2D eigenvalue weighted by Crippen LogP contribution is -2.33. The van der Waals surface area contributed by atoms with Crippen molar-refractivity contribution in [2.24, 2.45) is 0 Å². The average molecular weight is 273 g/mol. The van der Waals surface area contributed by atoms with Crippen LogP contribution >= 0.6 is 0 Å². The summed E-state index contributed by atoms with van der Waals surface area (Å²) in [6, 6.07) is 8.03. The summed E-state index contributed by atoms with van der Waals surface area (Å²) in [6.45, 7) is 0. The van der Waals surface area contributed by atoms with Crippen molar-refractivity contribution in [1.29, 1.82) is 0 Å². The summed E-state index contributed by atoms with van der Waals surface area (Å²) >= 11 is 0. The van der Waals surface area contributed by atoms with Crippen LogP contribution in [-0.4, -0.2) is 19.1 Å². The second-order valence-corrected chi connectivity index (χ2v) is 5.31. The van der Waals surface area contributed by atoms with Crippen LogP contribution in [0.15, 0.2) is 30.3 Å². The van der Waals surface area contributed by atoms with Crippen LogP contribution in [-0.2, 0) is 4.79 Å². The molecule has 3 nitrogen and oxygen atoms in total. The number of rotatable bonds is 4. The van der Waals surface area contributed by atoms with Gasteiger partial charge in [0.2, 0.25) is 5.91 Å². The third-order valence-electron chi connectivity index (χ3n) is 3.72. The number of carbonyl (C=O) groups excluding carboxylic acids is 1. The van der Waals surface area contributed by atoms with Crippen molar-refractivity contribution in [3.8, 4) is 5.75 Å². The Balaban J connectivity index is 1.87. The molecule has 0 aliphatic heterocycles. The van der Waals surface area contributed by atoms with E-state index in [1.165, 1.54) is 25.7 Å². The highest BCUT2D eigenvalue weighted by Crippen LogP contribution is 2.17. The van der Waals surface area contributed by atoms with Crippen LogP contribution in [0, 0.1) is 0 Å². The second kappa shape index (κ2) is 7.73. The quantitative estimate of drug-likeness (QED) is 0.673. The van der Waals surface area contributed by atoms with Crippen molar-refractivity contribution in [2.75, 3.05) is 7.11 Å². The van der Waals surface area contributed by atoms with Gasteiger partial charge in [0, 0.05) is 12.1 Å². The Morgan fingerprint density at radius 1 is 1.25 bits per heavy atom. The van der Waals surface area contributed by atoms with E-state index in [-0.39, 0.29) is 5.91 Å². The number of ether oxygens (including phenoxy) is 1. The molecular formula is C17H23NO2. The Hall–Kier alpha value is -1.77. The monoisotopic (exact) mass is 273 g/mol. The molecule has 3 heteroatoms. The molecule has 0 unspecified atom stereocenters. The summed E-state index contributed by atoms with van der Waals surface area (Å²) in [4.78, 5) is 11.9. The predicted molar refractivity (Wildman–Crippen MR) is 81.7 cm³/mol. The van der Waals surface area contributed by atoms with E-state index in [1.54, 1.807) is 13.2 Å². The molecule has 0 spiro atoms. The zero-order chi connectivity index (χ0) is 14.2. The first-order valence-electron chi connectivity index (χ1n) is 7.40. The van der Waals surface area contributed by atoms with Crippen LogP contribution in [0.2, 0.25) is 0 Å². The van der Waals surface area contributed by atoms with Crippen LogP contribution in [0.25, 0.3) is 6.08 Å². The number of hydrogen-bond acceptors (Lipinski definition) is 2. The molecule has 20 heavy (non-hydrogen) atoms. The maximum absolute atomic E-state index is 11.9. The van der Waals surface area contributed by atoms with Crippen molar-refractivity contribution >= 4 is 12.0 Å². The fourth-order valence-corrected chi connectivity index (χ4v) is 2.59. The van der Waals surface area contributed by atoms with E-state index in [1.807, 2.05) is 30.3 Å². The molecule has 0 heterocycles. The molecule has 0 atom stereocenters. The molecule has 1 amide bonds. The lowest BCUT2D eigenvalue weighted by molar-refractivity contribution is -0.117. The molecule has 1 fully saturated rings. The number of hydrogen-bond donors (Lipinski definition) is 1. The highest BCUT2D eigenvalue weighted by Gasteiger charge is 2.12. The van der Waals surface area contributed by atoms with Crippen LogP contribution < -0.4 is 10.1 Å². The minimum Gasteiger partial charge on any atom is -0.497 e. The van der Waals surface area contributed by atoms with Crippen molar-refractivity contribution in [1.82, 2.24) is 5.32 Å². The first-order valence-corrected chi connectivity index (χ1v) is 7.40. The maximum Gasteiger partial charge on any atom is 0.244 e. The molecule has 1 N–H and O–H groups in total. The molecule has 0 aromatic heterocycles. The second-order valence-electron chi connectivity index (χ2n) is 5.31. The number of nitrogens with one attached hydrogen (secondary N) is 1. The van der Waals surface area contributed by atoms with Gasteiger partial charge in [-0.1, -0.05) is 37.8 Å². The Labute approximate surface area is 121 Å². The summed E-state index contributed by atoms with van der Waals surface area (Å²) in [6.07, 6.45) is 10.7. The number of carbonyl (C=O) groups is 1. The molecule has 0 bridgehead atoms. The number of amides is 1. The standard InChI is InChI=1S/C17H23NO2/c1-20-16-10-6-7-14(13-16)11-12-17(19)18-15-8-4-2-3-5-9-15/h6-7,10-13,15H,2-5,8-9H2,1H3,(H,18,19)/b12-11+. The molecule has 0 radical (unpaired) electrons. The highest BCUT2D eigenvalue weighted by atomic mass is 16.5. The molecule has 1 saturated carbocycles. The Morgan fingerprint density at radius 3 is 2.70 bits per heavy atom. The maximum atomic E-state index is 11.9. The van der Waals surface area contributed by atoms with Gasteiger partial charge < -0.3 is 10.1 Å². The van der Waals surface area contributed by atoms with Crippen molar-refractivity contribution in [2.45, 2.75) is 44.6 Å². The number of benzene rings is 1. The van der Waals surface area contributed by atoms with Gasteiger partial charge in [0.1, 0.15) is 5.75 Å². The van der Waals surface area contributed by atoms with Gasteiger partial charge in [-0.3, -0.25) is 4.79 Å². The third kappa shape index (κ3) is 4.72. The predicted octanol–water partition coefficient (Wildman–Crippen LogP) is 3.55.